The number of amides is 4. The van der Waals surface area contributed by atoms with Crippen LogP contribution < -0.4 is 15.4 Å². The quantitative estimate of drug-likeness (QED) is 0.567. The molecule has 1 aromatic carbocycles. The number of benzene rings is 1. The number of methoxy groups -OCH3 is 1. The van der Waals surface area contributed by atoms with Gasteiger partial charge in [0.25, 0.3) is 11.8 Å². The summed E-state index contributed by atoms with van der Waals surface area (Å²) in [5.74, 6) is -1.10. The average molecular weight is 375 g/mol. The van der Waals surface area contributed by atoms with Crippen LogP contribution in [0.15, 0.2) is 24.3 Å². The van der Waals surface area contributed by atoms with Crippen LogP contribution in [0.1, 0.15) is 25.7 Å². The van der Waals surface area contributed by atoms with E-state index in [1.807, 2.05) is 0 Å². The Kier molecular flexibility index (Phi) is 5.29. The third kappa shape index (κ3) is 4.02. The molecule has 1 aromatic rings. The summed E-state index contributed by atoms with van der Waals surface area (Å²) in [5, 5.41) is 5.25. The number of carbonyl (C=O) groups excluding carboxylic acids is 4. The lowest BCUT2D eigenvalue weighted by Crippen LogP contribution is -2.44. The summed E-state index contributed by atoms with van der Waals surface area (Å²) in [4.78, 5) is 49.1. The molecule has 1 aliphatic heterocycles. The molecule has 3 rings (SSSR count). The van der Waals surface area contributed by atoms with Crippen LogP contribution in [0.25, 0.3) is 0 Å². The van der Waals surface area contributed by atoms with Gasteiger partial charge in [-0.3, -0.25) is 19.3 Å². The zero-order valence-electron chi connectivity index (χ0n) is 14.9. The molecule has 9 heteroatoms. The average Bonchev–Trinajstić information content (AvgIpc) is 3.21. The van der Waals surface area contributed by atoms with Crippen LogP contribution in [0.4, 0.5) is 10.5 Å². The molecule has 0 aromatic heterocycles. The fraction of sp³-hybridized carbons (Fsp3) is 0.444. The van der Waals surface area contributed by atoms with E-state index in [2.05, 4.69) is 10.6 Å². The van der Waals surface area contributed by atoms with E-state index in [1.165, 1.54) is 7.11 Å². The van der Waals surface area contributed by atoms with Crippen molar-refractivity contribution in [3.63, 3.8) is 0 Å². The number of nitrogens with one attached hydrogen (secondary N) is 2. The second-order valence-electron chi connectivity index (χ2n) is 6.55. The third-order valence-electron chi connectivity index (χ3n) is 4.73. The topological polar surface area (TPSA) is 114 Å². The van der Waals surface area contributed by atoms with E-state index < -0.39 is 42.5 Å². The maximum absolute atomic E-state index is 12.5. The van der Waals surface area contributed by atoms with Crippen molar-refractivity contribution in [3.8, 4) is 5.75 Å². The molecular formula is C18H21N3O6. The molecule has 0 atom stereocenters. The highest BCUT2D eigenvalue weighted by molar-refractivity contribution is 6.09. The van der Waals surface area contributed by atoms with Crippen LogP contribution in [0.3, 0.4) is 0 Å². The van der Waals surface area contributed by atoms with Gasteiger partial charge in [0.1, 0.15) is 17.8 Å². The fourth-order valence-corrected chi connectivity index (χ4v) is 3.33. The molecule has 27 heavy (non-hydrogen) atoms. The lowest BCUT2D eigenvalue weighted by molar-refractivity contribution is -0.150. The number of carbonyl (C=O) groups is 4. The second kappa shape index (κ2) is 7.65. The summed E-state index contributed by atoms with van der Waals surface area (Å²) in [5.41, 5.74) is -0.350. The van der Waals surface area contributed by atoms with Gasteiger partial charge in [0.2, 0.25) is 0 Å². The number of hydrogen-bond acceptors (Lipinski definition) is 6. The minimum Gasteiger partial charge on any atom is -0.497 e. The first-order valence-corrected chi connectivity index (χ1v) is 8.67. The number of esters is 1. The summed E-state index contributed by atoms with van der Waals surface area (Å²) in [6.45, 7) is -1.03. The molecule has 1 spiro atoms. The monoisotopic (exact) mass is 375 g/mol. The highest BCUT2D eigenvalue weighted by atomic mass is 16.5. The Labute approximate surface area is 156 Å². The number of ether oxygens (including phenoxy) is 2. The number of imide groups is 1. The fourth-order valence-electron chi connectivity index (χ4n) is 3.33. The maximum Gasteiger partial charge on any atom is 0.326 e. The smallest absolute Gasteiger partial charge is 0.326 e. The van der Waals surface area contributed by atoms with Crippen LogP contribution in [0.5, 0.6) is 5.75 Å². The standard InChI is InChI=1S/C18H21N3O6/c1-26-13-6-4-12(5-7-13)19-14(22)11-27-15(23)10-21-16(24)18(20-17(21)25)8-2-3-9-18/h4-7H,2-3,8-11H2,1H3,(H,19,22)(H,20,25). The second-order valence-corrected chi connectivity index (χ2v) is 6.55. The Bertz CT molecular complexity index is 755. The molecule has 0 unspecified atom stereocenters. The van der Waals surface area contributed by atoms with Crippen LogP contribution >= 0.6 is 0 Å². The van der Waals surface area contributed by atoms with Gasteiger partial charge in [0, 0.05) is 5.69 Å². The van der Waals surface area contributed by atoms with Crippen LogP contribution in [0, 0.1) is 0 Å². The maximum atomic E-state index is 12.5. The largest absolute Gasteiger partial charge is 0.497 e. The molecule has 2 N–H and O–H groups in total. The van der Waals surface area contributed by atoms with E-state index >= 15 is 0 Å². The Hall–Kier alpha value is -3.10. The summed E-state index contributed by atoms with van der Waals surface area (Å²) in [6, 6.07) is 6.05. The Morgan fingerprint density at radius 2 is 1.85 bits per heavy atom. The van der Waals surface area contributed by atoms with Crippen molar-refractivity contribution in [2.75, 3.05) is 25.6 Å². The van der Waals surface area contributed by atoms with Crippen LogP contribution in [-0.4, -0.2) is 54.5 Å². The van der Waals surface area contributed by atoms with Gasteiger partial charge in [-0.05, 0) is 37.1 Å². The number of hydrogen-bond donors (Lipinski definition) is 2. The van der Waals surface area contributed by atoms with Gasteiger partial charge in [-0.1, -0.05) is 12.8 Å². The molecule has 0 bridgehead atoms. The van der Waals surface area contributed by atoms with E-state index in [4.69, 9.17) is 9.47 Å². The minimum absolute atomic E-state index is 0.398. The zero-order valence-corrected chi connectivity index (χ0v) is 14.9. The van der Waals surface area contributed by atoms with E-state index in [-0.39, 0.29) is 0 Å². The van der Waals surface area contributed by atoms with Crippen molar-refractivity contribution in [1.82, 2.24) is 10.2 Å². The Morgan fingerprint density at radius 3 is 2.48 bits per heavy atom. The normalized spacial score (nSPS) is 17.7. The summed E-state index contributed by atoms with van der Waals surface area (Å²) < 4.78 is 9.90. The van der Waals surface area contributed by atoms with Gasteiger partial charge in [0.05, 0.1) is 7.11 Å². The molecule has 2 fully saturated rings. The van der Waals surface area contributed by atoms with Crippen molar-refractivity contribution in [2.45, 2.75) is 31.2 Å². The number of nitrogens with zero attached hydrogens (tertiary/aromatic N) is 1. The van der Waals surface area contributed by atoms with Gasteiger partial charge in [-0.15, -0.1) is 0 Å². The van der Waals surface area contributed by atoms with Gasteiger partial charge in [-0.2, -0.15) is 0 Å². The van der Waals surface area contributed by atoms with Crippen molar-refractivity contribution in [1.29, 1.82) is 0 Å². The van der Waals surface area contributed by atoms with Crippen molar-refractivity contribution in [2.24, 2.45) is 0 Å². The first-order valence-electron chi connectivity index (χ1n) is 8.67. The predicted octanol–water partition coefficient (Wildman–Crippen LogP) is 1.04. The number of rotatable bonds is 6. The highest BCUT2D eigenvalue weighted by Gasteiger charge is 2.52. The lowest BCUT2D eigenvalue weighted by atomic mass is 9.98. The molecular weight excluding hydrogens is 354 g/mol. The minimum atomic E-state index is -0.872. The SMILES string of the molecule is COc1ccc(NC(=O)COC(=O)CN2C(=O)NC3(CCCC3)C2=O)cc1. The molecule has 1 saturated heterocycles. The molecule has 1 aliphatic carbocycles. The predicted molar refractivity (Wildman–Crippen MR) is 94.0 cm³/mol. The first-order chi connectivity index (χ1) is 12.9. The number of anilines is 1. The van der Waals surface area contributed by atoms with E-state index in [0.717, 1.165) is 17.7 Å². The Balaban J connectivity index is 1.47. The van der Waals surface area contributed by atoms with Crippen molar-refractivity contribution < 1.29 is 28.7 Å². The van der Waals surface area contributed by atoms with Crippen molar-refractivity contribution >= 4 is 29.5 Å². The highest BCUT2D eigenvalue weighted by Crippen LogP contribution is 2.34. The molecule has 4 amide bonds. The molecule has 1 heterocycles. The van der Waals surface area contributed by atoms with Gasteiger partial charge >= 0.3 is 12.0 Å². The summed E-state index contributed by atoms with van der Waals surface area (Å²) in [6.07, 6.45) is 2.87. The third-order valence-corrected chi connectivity index (χ3v) is 4.73. The Morgan fingerprint density at radius 1 is 1.19 bits per heavy atom. The number of urea groups is 1. The molecule has 2 aliphatic rings. The van der Waals surface area contributed by atoms with Crippen molar-refractivity contribution in [3.05, 3.63) is 24.3 Å². The molecule has 1 saturated carbocycles. The summed E-state index contributed by atoms with van der Waals surface area (Å²) in [7, 11) is 1.53. The van der Waals surface area contributed by atoms with E-state index in [0.29, 0.717) is 24.3 Å². The zero-order chi connectivity index (χ0) is 19.4. The van der Waals surface area contributed by atoms with Crippen LogP contribution in [0.2, 0.25) is 0 Å². The van der Waals surface area contributed by atoms with Gasteiger partial charge in [-0.25, -0.2) is 4.79 Å². The van der Waals surface area contributed by atoms with Gasteiger partial charge < -0.3 is 20.1 Å². The lowest BCUT2D eigenvalue weighted by Gasteiger charge is -2.19. The van der Waals surface area contributed by atoms with E-state index in [1.54, 1.807) is 24.3 Å². The first kappa shape index (κ1) is 18.7. The molecule has 144 valence electrons. The molecule has 0 radical (unpaired) electrons. The van der Waals surface area contributed by atoms with Crippen LogP contribution in [-0.2, 0) is 19.1 Å². The van der Waals surface area contributed by atoms with Gasteiger partial charge in [0.15, 0.2) is 6.61 Å². The van der Waals surface area contributed by atoms with E-state index in [9.17, 15) is 19.2 Å². The molecule has 9 nitrogen and oxygen atoms in total. The summed E-state index contributed by atoms with van der Waals surface area (Å²) >= 11 is 0.